The minimum absolute atomic E-state index is 0.232. The van der Waals surface area contributed by atoms with Gasteiger partial charge in [0.1, 0.15) is 5.82 Å². The Balaban J connectivity index is 1.93. The van der Waals surface area contributed by atoms with Gasteiger partial charge in [-0.05, 0) is 41.7 Å². The molecule has 1 fully saturated rings. The predicted molar refractivity (Wildman–Crippen MR) is 91.3 cm³/mol. The SMILES string of the molecule is O=[PH+]CC1=C(c2ccc(F)cc2)c2ccccc2CN1C1CC1. The van der Waals surface area contributed by atoms with E-state index in [9.17, 15) is 8.96 Å². The van der Waals surface area contributed by atoms with Crippen molar-refractivity contribution in [3.63, 3.8) is 0 Å². The standard InChI is InChI=1S/C19H17FNOP/c20-15-7-5-13(6-8-15)19-17-4-2-1-3-14(17)11-21(16-9-10-16)18(19)12-23-22/h1-8,16H,9-12H2/p+1. The van der Waals surface area contributed by atoms with Crippen molar-refractivity contribution in [2.75, 3.05) is 6.16 Å². The molecule has 1 aliphatic heterocycles. The molecule has 0 N–H and O–H groups in total. The molecule has 0 amide bonds. The summed E-state index contributed by atoms with van der Waals surface area (Å²) < 4.78 is 24.8. The molecule has 2 aromatic carbocycles. The number of nitrogens with zero attached hydrogens (tertiary/aromatic N) is 1. The molecule has 0 aromatic heterocycles. The summed E-state index contributed by atoms with van der Waals surface area (Å²) in [4.78, 5) is 2.41. The largest absolute Gasteiger partial charge is 0.364 e. The first-order valence-corrected chi connectivity index (χ1v) is 9.08. The highest BCUT2D eigenvalue weighted by Crippen LogP contribution is 2.42. The first-order valence-electron chi connectivity index (χ1n) is 7.97. The third-order valence-electron chi connectivity index (χ3n) is 4.62. The zero-order valence-corrected chi connectivity index (χ0v) is 13.8. The molecule has 23 heavy (non-hydrogen) atoms. The van der Waals surface area contributed by atoms with Gasteiger partial charge < -0.3 is 4.90 Å². The Labute approximate surface area is 136 Å². The molecule has 2 aromatic rings. The van der Waals surface area contributed by atoms with Crippen LogP contribution in [0.4, 0.5) is 4.39 Å². The van der Waals surface area contributed by atoms with E-state index in [0.717, 1.165) is 23.4 Å². The summed E-state index contributed by atoms with van der Waals surface area (Å²) >= 11 is 0. The second-order valence-corrected chi connectivity index (χ2v) is 6.81. The molecule has 0 spiro atoms. The van der Waals surface area contributed by atoms with Gasteiger partial charge >= 0.3 is 8.46 Å². The third kappa shape index (κ3) is 2.70. The lowest BCUT2D eigenvalue weighted by Gasteiger charge is -2.34. The fraction of sp³-hybridized carbons (Fsp3) is 0.263. The number of fused-ring (bicyclic) bond motifs is 1. The highest BCUT2D eigenvalue weighted by molar-refractivity contribution is 7.24. The molecule has 4 heteroatoms. The summed E-state index contributed by atoms with van der Waals surface area (Å²) in [5, 5.41) is 0. The van der Waals surface area contributed by atoms with E-state index >= 15 is 0 Å². The number of hydrogen-bond acceptors (Lipinski definition) is 2. The van der Waals surface area contributed by atoms with Crippen LogP contribution >= 0.6 is 8.46 Å². The van der Waals surface area contributed by atoms with Crippen molar-refractivity contribution in [3.8, 4) is 0 Å². The summed E-state index contributed by atoms with van der Waals surface area (Å²) in [6, 6.07) is 15.6. The van der Waals surface area contributed by atoms with Gasteiger partial charge in [-0.25, -0.2) is 4.39 Å². The van der Waals surface area contributed by atoms with E-state index in [2.05, 4.69) is 23.1 Å². The molecular weight excluding hydrogens is 308 g/mol. The highest BCUT2D eigenvalue weighted by atomic mass is 31.1. The van der Waals surface area contributed by atoms with E-state index in [4.69, 9.17) is 0 Å². The second-order valence-electron chi connectivity index (χ2n) is 6.17. The molecule has 116 valence electrons. The average Bonchev–Trinajstić information content (AvgIpc) is 3.40. The summed E-state index contributed by atoms with van der Waals surface area (Å²) in [6.45, 7) is 0.880. The van der Waals surface area contributed by atoms with Gasteiger partial charge in [-0.2, -0.15) is 0 Å². The molecule has 0 radical (unpaired) electrons. The van der Waals surface area contributed by atoms with Crippen molar-refractivity contribution < 1.29 is 8.96 Å². The monoisotopic (exact) mass is 326 g/mol. The van der Waals surface area contributed by atoms with E-state index in [0.29, 0.717) is 12.2 Å². The predicted octanol–water partition coefficient (Wildman–Crippen LogP) is 4.59. The van der Waals surface area contributed by atoms with E-state index < -0.39 is 0 Å². The number of allylic oxidation sites excluding steroid dienone is 1. The van der Waals surface area contributed by atoms with Crippen molar-refractivity contribution in [1.82, 2.24) is 4.90 Å². The molecule has 1 saturated carbocycles. The minimum Gasteiger partial charge on any atom is -0.364 e. The fourth-order valence-corrected chi connectivity index (χ4v) is 3.93. The zero-order chi connectivity index (χ0) is 15.8. The number of hydrogen-bond donors (Lipinski definition) is 0. The Morgan fingerprint density at radius 2 is 1.83 bits per heavy atom. The smallest absolute Gasteiger partial charge is 0.331 e. The fourth-order valence-electron chi connectivity index (χ4n) is 3.41. The molecule has 1 aliphatic carbocycles. The molecule has 1 unspecified atom stereocenters. The van der Waals surface area contributed by atoms with Crippen LogP contribution in [0, 0.1) is 5.82 Å². The third-order valence-corrected chi connectivity index (χ3v) is 5.10. The quantitative estimate of drug-likeness (QED) is 0.766. The van der Waals surface area contributed by atoms with Crippen LogP contribution in [-0.2, 0) is 11.1 Å². The summed E-state index contributed by atoms with van der Waals surface area (Å²) in [6.07, 6.45) is 2.95. The van der Waals surface area contributed by atoms with Crippen LogP contribution in [0.25, 0.3) is 5.57 Å². The summed E-state index contributed by atoms with van der Waals surface area (Å²) in [7, 11) is -0.363. The maximum absolute atomic E-state index is 13.3. The van der Waals surface area contributed by atoms with Crippen LogP contribution in [0.3, 0.4) is 0 Å². The molecule has 0 bridgehead atoms. The Morgan fingerprint density at radius 3 is 2.52 bits per heavy atom. The van der Waals surface area contributed by atoms with Crippen molar-refractivity contribution >= 4 is 14.0 Å². The number of rotatable bonds is 4. The van der Waals surface area contributed by atoms with E-state index in [1.807, 2.05) is 18.2 Å². The Hall–Kier alpha value is -1.99. The maximum atomic E-state index is 13.3. The molecule has 0 saturated heterocycles. The Morgan fingerprint density at radius 1 is 1.09 bits per heavy atom. The summed E-state index contributed by atoms with van der Waals surface area (Å²) in [5.41, 5.74) is 5.73. The van der Waals surface area contributed by atoms with Crippen molar-refractivity contribution in [3.05, 3.63) is 76.7 Å². The normalized spacial score (nSPS) is 17.5. The van der Waals surface area contributed by atoms with Crippen LogP contribution in [0.1, 0.15) is 29.5 Å². The van der Waals surface area contributed by atoms with Gasteiger partial charge in [0.2, 0.25) is 0 Å². The van der Waals surface area contributed by atoms with Gasteiger partial charge in [0.15, 0.2) is 6.16 Å². The van der Waals surface area contributed by atoms with Crippen LogP contribution in [0.15, 0.2) is 54.2 Å². The maximum Gasteiger partial charge on any atom is 0.331 e. The van der Waals surface area contributed by atoms with Crippen molar-refractivity contribution in [1.29, 1.82) is 0 Å². The Bertz CT molecular complexity index is 780. The first-order chi connectivity index (χ1) is 11.3. The molecule has 2 aliphatic rings. The first kappa shape index (κ1) is 14.6. The number of halogens is 1. The topological polar surface area (TPSA) is 20.3 Å². The molecule has 2 nitrogen and oxygen atoms in total. The van der Waals surface area contributed by atoms with Crippen LogP contribution in [0.2, 0.25) is 0 Å². The second kappa shape index (κ2) is 5.90. The van der Waals surface area contributed by atoms with Gasteiger partial charge in [-0.1, -0.05) is 41.0 Å². The van der Waals surface area contributed by atoms with Gasteiger partial charge in [-0.3, -0.25) is 0 Å². The van der Waals surface area contributed by atoms with Crippen LogP contribution in [-0.4, -0.2) is 17.1 Å². The zero-order valence-electron chi connectivity index (χ0n) is 12.8. The lowest BCUT2D eigenvalue weighted by atomic mass is 9.89. The average molecular weight is 326 g/mol. The molecular formula is C19H18FNOP+. The minimum atomic E-state index is -0.363. The van der Waals surface area contributed by atoms with Crippen molar-refractivity contribution in [2.45, 2.75) is 25.4 Å². The van der Waals surface area contributed by atoms with Gasteiger partial charge in [0.25, 0.3) is 0 Å². The van der Waals surface area contributed by atoms with Gasteiger partial charge in [0, 0.05) is 18.2 Å². The van der Waals surface area contributed by atoms with E-state index in [1.165, 1.54) is 36.1 Å². The molecule has 1 heterocycles. The van der Waals surface area contributed by atoms with E-state index in [1.54, 1.807) is 0 Å². The molecule has 4 rings (SSSR count). The van der Waals surface area contributed by atoms with Crippen LogP contribution < -0.4 is 0 Å². The Kier molecular flexibility index (Phi) is 3.74. The lowest BCUT2D eigenvalue weighted by Crippen LogP contribution is -2.30. The van der Waals surface area contributed by atoms with Gasteiger partial charge in [-0.15, -0.1) is 0 Å². The van der Waals surface area contributed by atoms with Crippen LogP contribution in [0.5, 0.6) is 0 Å². The summed E-state index contributed by atoms with van der Waals surface area (Å²) in [5.74, 6) is -0.232. The van der Waals surface area contributed by atoms with E-state index in [-0.39, 0.29) is 14.3 Å². The van der Waals surface area contributed by atoms with Crippen molar-refractivity contribution in [2.24, 2.45) is 0 Å². The lowest BCUT2D eigenvalue weighted by molar-refractivity contribution is 0.324. The number of benzene rings is 2. The molecule has 1 atom stereocenters. The highest BCUT2D eigenvalue weighted by Gasteiger charge is 2.36. The van der Waals surface area contributed by atoms with Gasteiger partial charge in [0.05, 0.1) is 5.70 Å².